The molecule has 2 fully saturated rings. The molecule has 2 aliphatic rings. The van der Waals surface area contributed by atoms with Gasteiger partial charge in [-0.2, -0.15) is 0 Å². The second kappa shape index (κ2) is 5.64. The Balaban J connectivity index is 1.69. The lowest BCUT2D eigenvalue weighted by Gasteiger charge is -2.31. The quantitative estimate of drug-likeness (QED) is 0.916. The number of ether oxygens (including phenoxy) is 1. The van der Waals surface area contributed by atoms with Crippen molar-refractivity contribution in [2.24, 2.45) is 5.92 Å². The number of amides is 1. The molecule has 1 amide bonds. The van der Waals surface area contributed by atoms with Crippen LogP contribution < -0.4 is 0 Å². The highest BCUT2D eigenvalue weighted by Gasteiger charge is 2.49. The summed E-state index contributed by atoms with van der Waals surface area (Å²) < 4.78 is 32.5. The van der Waals surface area contributed by atoms with E-state index < -0.39 is 35.5 Å². The Hall–Kier alpha value is -2.02. The van der Waals surface area contributed by atoms with Crippen LogP contribution in [0.5, 0.6) is 0 Å². The number of rotatable bonds is 3. The average molecular weight is 311 g/mol. The maximum atomic E-state index is 13.7. The van der Waals surface area contributed by atoms with E-state index in [1.807, 2.05) is 0 Å². The Morgan fingerprint density at radius 1 is 1.27 bits per heavy atom. The molecule has 0 bridgehead atoms. The van der Waals surface area contributed by atoms with E-state index in [2.05, 4.69) is 0 Å². The first-order valence-corrected chi connectivity index (χ1v) is 7.06. The SMILES string of the molecule is O=C(O)[C@@H]1CN(C(=O)[C@@H]2C[C@@H]2c2c(F)cccc2F)CCO1. The second-order valence-corrected chi connectivity index (χ2v) is 5.57. The van der Waals surface area contributed by atoms with Gasteiger partial charge in [0, 0.05) is 23.9 Å². The van der Waals surface area contributed by atoms with Crippen molar-refractivity contribution >= 4 is 11.9 Å². The Kier molecular flexibility index (Phi) is 3.82. The number of halogens is 2. The number of nitrogens with zero attached hydrogens (tertiary/aromatic N) is 1. The van der Waals surface area contributed by atoms with Gasteiger partial charge in [-0.3, -0.25) is 4.79 Å². The summed E-state index contributed by atoms with van der Waals surface area (Å²) in [6.45, 7) is 0.414. The Morgan fingerprint density at radius 2 is 1.95 bits per heavy atom. The summed E-state index contributed by atoms with van der Waals surface area (Å²) in [5, 5.41) is 8.93. The number of aliphatic carboxylic acids is 1. The van der Waals surface area contributed by atoms with Crippen molar-refractivity contribution in [2.45, 2.75) is 18.4 Å². The van der Waals surface area contributed by atoms with Gasteiger partial charge in [-0.15, -0.1) is 0 Å². The van der Waals surface area contributed by atoms with Gasteiger partial charge in [0.1, 0.15) is 11.6 Å². The van der Waals surface area contributed by atoms with Crippen molar-refractivity contribution in [1.82, 2.24) is 4.90 Å². The Labute approximate surface area is 125 Å². The third kappa shape index (κ3) is 2.68. The zero-order valence-electron chi connectivity index (χ0n) is 11.7. The molecular weight excluding hydrogens is 296 g/mol. The predicted molar refractivity (Wildman–Crippen MR) is 71.2 cm³/mol. The van der Waals surface area contributed by atoms with E-state index in [9.17, 15) is 18.4 Å². The van der Waals surface area contributed by atoms with Gasteiger partial charge in [0.15, 0.2) is 6.10 Å². The summed E-state index contributed by atoms with van der Waals surface area (Å²) in [6.07, 6.45) is -0.661. The van der Waals surface area contributed by atoms with E-state index in [1.54, 1.807) is 0 Å². The molecule has 7 heteroatoms. The fourth-order valence-corrected chi connectivity index (χ4v) is 2.89. The Bertz CT molecular complexity index is 601. The summed E-state index contributed by atoms with van der Waals surface area (Å²) in [5.74, 6) is -3.64. The first-order valence-electron chi connectivity index (χ1n) is 7.06. The molecule has 3 rings (SSSR count). The van der Waals surface area contributed by atoms with Crippen LogP contribution in [0.25, 0.3) is 0 Å². The maximum Gasteiger partial charge on any atom is 0.334 e. The summed E-state index contributed by atoms with van der Waals surface area (Å²) in [6, 6.07) is 3.63. The molecule has 1 N–H and O–H groups in total. The van der Waals surface area contributed by atoms with E-state index >= 15 is 0 Å². The van der Waals surface area contributed by atoms with Crippen LogP contribution in [0.2, 0.25) is 0 Å². The van der Waals surface area contributed by atoms with Gasteiger partial charge in [-0.25, -0.2) is 13.6 Å². The van der Waals surface area contributed by atoms with Gasteiger partial charge in [-0.1, -0.05) is 6.07 Å². The smallest absolute Gasteiger partial charge is 0.334 e. The molecule has 1 saturated heterocycles. The maximum absolute atomic E-state index is 13.7. The third-order valence-electron chi connectivity index (χ3n) is 4.13. The topological polar surface area (TPSA) is 66.8 Å². The number of carboxylic acid groups (broad SMARTS) is 1. The normalized spacial score (nSPS) is 27.5. The molecule has 0 aromatic heterocycles. The van der Waals surface area contributed by atoms with Crippen LogP contribution in [-0.2, 0) is 14.3 Å². The van der Waals surface area contributed by atoms with Crippen LogP contribution in [0.4, 0.5) is 8.78 Å². The first-order chi connectivity index (χ1) is 10.5. The highest BCUT2D eigenvalue weighted by molar-refractivity contribution is 5.84. The van der Waals surface area contributed by atoms with Crippen LogP contribution in [0.15, 0.2) is 18.2 Å². The zero-order valence-corrected chi connectivity index (χ0v) is 11.7. The van der Waals surface area contributed by atoms with Gasteiger partial charge in [0.2, 0.25) is 5.91 Å². The van der Waals surface area contributed by atoms with E-state index in [0.29, 0.717) is 13.0 Å². The van der Waals surface area contributed by atoms with E-state index in [1.165, 1.54) is 23.1 Å². The molecule has 5 nitrogen and oxygen atoms in total. The molecule has 0 unspecified atom stereocenters. The van der Waals surface area contributed by atoms with Gasteiger partial charge in [0.05, 0.1) is 13.2 Å². The predicted octanol–water partition coefficient (Wildman–Crippen LogP) is 1.38. The van der Waals surface area contributed by atoms with Crippen LogP contribution in [0.3, 0.4) is 0 Å². The first kappa shape index (κ1) is 14.9. The fraction of sp³-hybridized carbons (Fsp3) is 0.467. The monoisotopic (exact) mass is 311 g/mol. The zero-order chi connectivity index (χ0) is 15.9. The van der Waals surface area contributed by atoms with Crippen molar-refractivity contribution in [2.75, 3.05) is 19.7 Å². The van der Waals surface area contributed by atoms with Crippen molar-refractivity contribution in [3.63, 3.8) is 0 Å². The molecule has 1 aliphatic heterocycles. The van der Waals surface area contributed by atoms with E-state index in [4.69, 9.17) is 9.84 Å². The molecule has 118 valence electrons. The molecule has 1 aromatic carbocycles. The summed E-state index contributed by atoms with van der Waals surface area (Å²) >= 11 is 0. The second-order valence-electron chi connectivity index (χ2n) is 5.57. The fourth-order valence-electron chi connectivity index (χ4n) is 2.89. The molecule has 1 aliphatic carbocycles. The van der Waals surface area contributed by atoms with Gasteiger partial charge in [-0.05, 0) is 18.6 Å². The Morgan fingerprint density at radius 3 is 2.59 bits per heavy atom. The van der Waals surface area contributed by atoms with Crippen molar-refractivity contribution in [3.05, 3.63) is 35.4 Å². The van der Waals surface area contributed by atoms with Gasteiger partial charge in [0.25, 0.3) is 0 Å². The number of carbonyl (C=O) groups excluding carboxylic acids is 1. The van der Waals surface area contributed by atoms with Crippen LogP contribution >= 0.6 is 0 Å². The molecule has 1 saturated carbocycles. The molecule has 0 radical (unpaired) electrons. The lowest BCUT2D eigenvalue weighted by molar-refractivity contribution is -0.159. The van der Waals surface area contributed by atoms with Gasteiger partial charge >= 0.3 is 5.97 Å². The highest BCUT2D eigenvalue weighted by atomic mass is 19.1. The van der Waals surface area contributed by atoms with Crippen LogP contribution in [-0.4, -0.2) is 47.7 Å². The average Bonchev–Trinajstić information content (AvgIpc) is 3.26. The molecule has 22 heavy (non-hydrogen) atoms. The third-order valence-corrected chi connectivity index (χ3v) is 4.13. The largest absolute Gasteiger partial charge is 0.479 e. The van der Waals surface area contributed by atoms with Crippen LogP contribution in [0, 0.1) is 17.6 Å². The standard InChI is InChI=1S/C15H15F2NO4/c16-10-2-1-3-11(17)13(10)8-6-9(8)14(19)18-4-5-22-12(7-18)15(20)21/h1-3,8-9,12H,4-7H2,(H,20,21)/t8-,9+,12-/m0/s1. The van der Waals surface area contributed by atoms with Crippen LogP contribution in [0.1, 0.15) is 17.9 Å². The van der Waals surface area contributed by atoms with Gasteiger partial charge < -0.3 is 14.7 Å². The van der Waals surface area contributed by atoms with Crippen molar-refractivity contribution < 1.29 is 28.2 Å². The van der Waals surface area contributed by atoms with Crippen molar-refractivity contribution in [3.8, 4) is 0 Å². The number of hydrogen-bond donors (Lipinski definition) is 1. The lowest BCUT2D eigenvalue weighted by atomic mass is 10.1. The number of benzene rings is 1. The van der Waals surface area contributed by atoms with E-state index in [-0.39, 0.29) is 24.6 Å². The number of morpholine rings is 1. The summed E-state index contributed by atoms with van der Waals surface area (Å²) in [5.41, 5.74) is -0.0519. The molecular formula is C15H15F2NO4. The lowest BCUT2D eigenvalue weighted by Crippen LogP contribution is -2.49. The molecule has 0 spiro atoms. The highest BCUT2D eigenvalue weighted by Crippen LogP contribution is 2.50. The minimum Gasteiger partial charge on any atom is -0.479 e. The minimum absolute atomic E-state index is 0.0306. The summed E-state index contributed by atoms with van der Waals surface area (Å²) in [7, 11) is 0. The van der Waals surface area contributed by atoms with E-state index in [0.717, 1.165) is 0 Å². The molecule has 1 aromatic rings. The molecule has 1 heterocycles. The number of hydrogen-bond acceptors (Lipinski definition) is 3. The molecule has 3 atom stereocenters. The number of carbonyl (C=O) groups is 2. The number of carboxylic acids is 1. The minimum atomic E-state index is -1.12. The summed E-state index contributed by atoms with van der Waals surface area (Å²) in [4.78, 5) is 24.7. The van der Waals surface area contributed by atoms with Crippen molar-refractivity contribution in [1.29, 1.82) is 0 Å².